The zero-order chi connectivity index (χ0) is 8.10. The SMILES string of the molecule is O=C(O)/C=C\C1CCNCC1. The Morgan fingerprint density at radius 2 is 2.09 bits per heavy atom. The van der Waals surface area contributed by atoms with E-state index in [-0.39, 0.29) is 0 Å². The van der Waals surface area contributed by atoms with Gasteiger partial charge in [0.05, 0.1) is 0 Å². The van der Waals surface area contributed by atoms with E-state index in [1.54, 1.807) is 6.08 Å². The van der Waals surface area contributed by atoms with Gasteiger partial charge in [-0.15, -0.1) is 0 Å². The standard InChI is InChI=1S/C8H13NO2/c10-8(11)2-1-7-3-5-9-6-4-7/h1-2,7,9H,3-6H2,(H,10,11)/b2-1-. The predicted molar refractivity (Wildman–Crippen MR) is 42.4 cm³/mol. The fourth-order valence-electron chi connectivity index (χ4n) is 1.26. The first-order chi connectivity index (χ1) is 5.29. The number of piperidine rings is 1. The van der Waals surface area contributed by atoms with Crippen LogP contribution in [0.25, 0.3) is 0 Å². The summed E-state index contributed by atoms with van der Waals surface area (Å²) in [5.74, 6) is -0.379. The first kappa shape index (κ1) is 8.27. The molecule has 2 N–H and O–H groups in total. The molecule has 1 aliphatic heterocycles. The highest BCUT2D eigenvalue weighted by molar-refractivity contribution is 5.79. The highest BCUT2D eigenvalue weighted by Gasteiger charge is 2.09. The van der Waals surface area contributed by atoms with Crippen molar-refractivity contribution >= 4 is 5.97 Å². The fraction of sp³-hybridized carbons (Fsp3) is 0.625. The molecule has 1 aliphatic rings. The first-order valence-electron chi connectivity index (χ1n) is 3.91. The number of carboxylic acids is 1. The van der Waals surface area contributed by atoms with E-state index in [1.807, 2.05) is 0 Å². The lowest BCUT2D eigenvalue weighted by atomic mass is 9.98. The molecule has 0 atom stereocenters. The lowest BCUT2D eigenvalue weighted by Crippen LogP contribution is -2.26. The van der Waals surface area contributed by atoms with Crippen LogP contribution in [0.1, 0.15) is 12.8 Å². The normalized spacial score (nSPS) is 20.7. The lowest BCUT2D eigenvalue weighted by Gasteiger charge is -2.18. The largest absolute Gasteiger partial charge is 0.478 e. The second kappa shape index (κ2) is 4.13. The van der Waals surface area contributed by atoms with E-state index in [9.17, 15) is 4.79 Å². The van der Waals surface area contributed by atoms with Crippen LogP contribution in [0.3, 0.4) is 0 Å². The van der Waals surface area contributed by atoms with Gasteiger partial charge in [0.2, 0.25) is 0 Å². The van der Waals surface area contributed by atoms with Crippen molar-refractivity contribution in [2.45, 2.75) is 12.8 Å². The average molecular weight is 155 g/mol. The molecule has 0 saturated carbocycles. The van der Waals surface area contributed by atoms with Crippen molar-refractivity contribution in [2.75, 3.05) is 13.1 Å². The molecule has 0 spiro atoms. The van der Waals surface area contributed by atoms with E-state index < -0.39 is 5.97 Å². The molecule has 0 aliphatic carbocycles. The number of allylic oxidation sites excluding steroid dienone is 1. The van der Waals surface area contributed by atoms with Crippen LogP contribution >= 0.6 is 0 Å². The van der Waals surface area contributed by atoms with Gasteiger partial charge in [0.25, 0.3) is 0 Å². The van der Waals surface area contributed by atoms with Crippen molar-refractivity contribution in [3.8, 4) is 0 Å². The third kappa shape index (κ3) is 3.18. The molecule has 3 nitrogen and oxygen atoms in total. The zero-order valence-electron chi connectivity index (χ0n) is 6.42. The van der Waals surface area contributed by atoms with E-state index in [1.165, 1.54) is 6.08 Å². The van der Waals surface area contributed by atoms with Gasteiger partial charge in [-0.2, -0.15) is 0 Å². The molecule has 0 bridgehead atoms. The molecule has 0 unspecified atom stereocenters. The maximum Gasteiger partial charge on any atom is 0.327 e. The highest BCUT2D eigenvalue weighted by atomic mass is 16.4. The summed E-state index contributed by atoms with van der Waals surface area (Å²) < 4.78 is 0. The minimum absolute atomic E-state index is 0.465. The summed E-state index contributed by atoms with van der Waals surface area (Å²) in [5.41, 5.74) is 0. The molecule has 1 saturated heterocycles. The Hall–Kier alpha value is -0.830. The molecule has 0 amide bonds. The van der Waals surface area contributed by atoms with Gasteiger partial charge < -0.3 is 10.4 Å². The predicted octanol–water partition coefficient (Wildman–Crippen LogP) is 0.627. The number of rotatable bonds is 2. The van der Waals surface area contributed by atoms with Crippen LogP contribution in [-0.4, -0.2) is 24.2 Å². The van der Waals surface area contributed by atoms with Gasteiger partial charge in [-0.05, 0) is 31.8 Å². The molecule has 3 heteroatoms. The zero-order valence-corrected chi connectivity index (χ0v) is 6.42. The van der Waals surface area contributed by atoms with Gasteiger partial charge in [-0.3, -0.25) is 0 Å². The van der Waals surface area contributed by atoms with E-state index in [0.717, 1.165) is 25.9 Å². The molecule has 11 heavy (non-hydrogen) atoms. The molecule has 1 rings (SSSR count). The minimum Gasteiger partial charge on any atom is -0.478 e. The quantitative estimate of drug-likeness (QED) is 0.575. The highest BCUT2D eigenvalue weighted by Crippen LogP contribution is 2.12. The van der Waals surface area contributed by atoms with Gasteiger partial charge >= 0.3 is 5.97 Å². The summed E-state index contributed by atoms with van der Waals surface area (Å²) in [6.07, 6.45) is 5.16. The molecular formula is C8H13NO2. The van der Waals surface area contributed by atoms with Gasteiger partial charge in [0, 0.05) is 6.08 Å². The van der Waals surface area contributed by atoms with Crippen molar-refractivity contribution in [3.05, 3.63) is 12.2 Å². The Labute approximate surface area is 66.1 Å². The molecule has 0 aromatic rings. The minimum atomic E-state index is -0.844. The number of nitrogens with one attached hydrogen (secondary N) is 1. The van der Waals surface area contributed by atoms with Crippen LogP contribution in [0.15, 0.2) is 12.2 Å². The van der Waals surface area contributed by atoms with Crippen LogP contribution in [0.5, 0.6) is 0 Å². The van der Waals surface area contributed by atoms with E-state index in [2.05, 4.69) is 5.32 Å². The molecule has 62 valence electrons. The Balaban J connectivity index is 2.29. The van der Waals surface area contributed by atoms with E-state index in [4.69, 9.17) is 5.11 Å². The molecule has 1 heterocycles. The smallest absolute Gasteiger partial charge is 0.327 e. The number of aliphatic carboxylic acids is 1. The summed E-state index contributed by atoms with van der Waals surface area (Å²) >= 11 is 0. The third-order valence-corrected chi connectivity index (χ3v) is 1.89. The first-order valence-corrected chi connectivity index (χ1v) is 3.91. The second-order valence-corrected chi connectivity index (χ2v) is 2.78. The topological polar surface area (TPSA) is 49.3 Å². The van der Waals surface area contributed by atoms with Crippen LogP contribution in [0.2, 0.25) is 0 Å². The number of carboxylic acid groups (broad SMARTS) is 1. The lowest BCUT2D eigenvalue weighted by molar-refractivity contribution is -0.131. The van der Waals surface area contributed by atoms with E-state index >= 15 is 0 Å². The summed E-state index contributed by atoms with van der Waals surface area (Å²) in [6.45, 7) is 2.02. The summed E-state index contributed by atoms with van der Waals surface area (Å²) in [6, 6.07) is 0. The monoisotopic (exact) mass is 155 g/mol. The number of carbonyl (C=O) groups is 1. The van der Waals surface area contributed by atoms with Gasteiger partial charge in [0.15, 0.2) is 0 Å². The number of hydrogen-bond donors (Lipinski definition) is 2. The summed E-state index contributed by atoms with van der Waals surface area (Å²) in [5, 5.41) is 11.6. The van der Waals surface area contributed by atoms with E-state index in [0.29, 0.717) is 5.92 Å². The summed E-state index contributed by atoms with van der Waals surface area (Å²) in [4.78, 5) is 10.1. The Morgan fingerprint density at radius 3 is 2.64 bits per heavy atom. The summed E-state index contributed by atoms with van der Waals surface area (Å²) in [7, 11) is 0. The van der Waals surface area contributed by atoms with Crippen molar-refractivity contribution in [3.63, 3.8) is 0 Å². The Bertz CT molecular complexity index is 159. The maximum absolute atomic E-state index is 10.1. The van der Waals surface area contributed by atoms with Crippen LogP contribution in [0, 0.1) is 5.92 Å². The number of hydrogen-bond acceptors (Lipinski definition) is 2. The molecule has 0 aromatic carbocycles. The van der Waals surface area contributed by atoms with Crippen LogP contribution in [-0.2, 0) is 4.79 Å². The average Bonchev–Trinajstić information content (AvgIpc) is 2.03. The van der Waals surface area contributed by atoms with Crippen molar-refractivity contribution < 1.29 is 9.90 Å². The fourth-order valence-corrected chi connectivity index (χ4v) is 1.26. The van der Waals surface area contributed by atoms with Crippen molar-refractivity contribution in [2.24, 2.45) is 5.92 Å². The third-order valence-electron chi connectivity index (χ3n) is 1.89. The van der Waals surface area contributed by atoms with Crippen molar-refractivity contribution in [1.29, 1.82) is 0 Å². The van der Waals surface area contributed by atoms with Crippen molar-refractivity contribution in [1.82, 2.24) is 5.32 Å². The van der Waals surface area contributed by atoms with Gasteiger partial charge in [-0.25, -0.2) is 4.79 Å². The maximum atomic E-state index is 10.1. The Morgan fingerprint density at radius 1 is 1.45 bits per heavy atom. The second-order valence-electron chi connectivity index (χ2n) is 2.78. The molecule has 0 aromatic heterocycles. The van der Waals surface area contributed by atoms with Crippen LogP contribution < -0.4 is 5.32 Å². The van der Waals surface area contributed by atoms with Crippen LogP contribution in [0.4, 0.5) is 0 Å². The Kier molecular flexibility index (Phi) is 3.11. The molecular weight excluding hydrogens is 142 g/mol. The molecule has 1 fully saturated rings. The molecule has 0 radical (unpaired) electrons. The van der Waals surface area contributed by atoms with Gasteiger partial charge in [-0.1, -0.05) is 6.08 Å². The van der Waals surface area contributed by atoms with Gasteiger partial charge in [0.1, 0.15) is 0 Å².